The van der Waals surface area contributed by atoms with Gasteiger partial charge in [-0.3, -0.25) is 15.4 Å². The van der Waals surface area contributed by atoms with Gasteiger partial charge in [0.25, 0.3) is 5.69 Å². The van der Waals surface area contributed by atoms with Crippen molar-refractivity contribution in [2.75, 3.05) is 17.7 Å². The predicted molar refractivity (Wildman–Crippen MR) is 110 cm³/mol. The number of rotatable bonds is 6. The summed E-state index contributed by atoms with van der Waals surface area (Å²) >= 11 is 11.1. The zero-order valence-electron chi connectivity index (χ0n) is 14.6. The third-order valence-electron chi connectivity index (χ3n) is 3.66. The van der Waals surface area contributed by atoms with Crippen LogP contribution in [0.1, 0.15) is 5.56 Å². The van der Waals surface area contributed by atoms with Gasteiger partial charge in [-0.25, -0.2) is 9.67 Å². The minimum absolute atomic E-state index is 0.0797. The van der Waals surface area contributed by atoms with Crippen LogP contribution in [0.4, 0.5) is 17.3 Å². The van der Waals surface area contributed by atoms with Crippen molar-refractivity contribution in [2.24, 2.45) is 0 Å². The van der Waals surface area contributed by atoms with E-state index in [2.05, 4.69) is 20.7 Å². The Bertz CT molecular complexity index is 1010. The molecule has 2 N–H and O–H groups in total. The van der Waals surface area contributed by atoms with Crippen LogP contribution < -0.4 is 15.4 Å². The number of nitro benzene ring substituents is 1. The van der Waals surface area contributed by atoms with Gasteiger partial charge in [0, 0.05) is 11.1 Å². The van der Waals surface area contributed by atoms with Crippen LogP contribution in [0.3, 0.4) is 0 Å². The Morgan fingerprint density at radius 3 is 2.71 bits per heavy atom. The number of halogens is 1. The Morgan fingerprint density at radius 1 is 1.29 bits per heavy atom. The SMILES string of the molecule is COc1cc([N+](=O)[O-])ccc1NC(=S)Nc1ncn(Cc2ccc(Cl)cc2)n1. The van der Waals surface area contributed by atoms with Crippen LogP contribution in [0.25, 0.3) is 0 Å². The number of nitrogens with zero attached hydrogens (tertiary/aromatic N) is 4. The molecule has 0 unspecified atom stereocenters. The zero-order chi connectivity index (χ0) is 20.1. The lowest BCUT2D eigenvalue weighted by atomic mass is 10.2. The molecule has 0 atom stereocenters. The first-order valence-electron chi connectivity index (χ1n) is 7.99. The minimum atomic E-state index is -0.500. The van der Waals surface area contributed by atoms with Crippen molar-refractivity contribution in [1.82, 2.24) is 14.8 Å². The highest BCUT2D eigenvalue weighted by Crippen LogP contribution is 2.29. The highest BCUT2D eigenvalue weighted by molar-refractivity contribution is 7.80. The molecule has 3 aromatic rings. The molecule has 0 saturated heterocycles. The topological polar surface area (TPSA) is 107 Å². The van der Waals surface area contributed by atoms with E-state index >= 15 is 0 Å². The molecule has 0 aliphatic heterocycles. The average molecular weight is 419 g/mol. The lowest BCUT2D eigenvalue weighted by Gasteiger charge is -2.11. The van der Waals surface area contributed by atoms with Gasteiger partial charge in [-0.15, -0.1) is 5.10 Å². The Hall–Kier alpha value is -3.24. The first kappa shape index (κ1) is 19.5. The van der Waals surface area contributed by atoms with E-state index < -0.39 is 4.92 Å². The second kappa shape index (κ2) is 8.63. The summed E-state index contributed by atoms with van der Waals surface area (Å²) in [5.74, 6) is 0.604. The molecule has 0 fully saturated rings. The number of hydrogen-bond acceptors (Lipinski definition) is 6. The van der Waals surface area contributed by atoms with Gasteiger partial charge in [0.1, 0.15) is 12.1 Å². The summed E-state index contributed by atoms with van der Waals surface area (Å²) in [4.78, 5) is 14.5. The molecule has 0 bridgehead atoms. The highest BCUT2D eigenvalue weighted by Gasteiger charge is 2.13. The molecule has 0 radical (unpaired) electrons. The molecule has 2 aromatic carbocycles. The zero-order valence-corrected chi connectivity index (χ0v) is 16.2. The molecule has 0 aliphatic rings. The summed E-state index contributed by atoms with van der Waals surface area (Å²) in [5.41, 5.74) is 1.42. The van der Waals surface area contributed by atoms with E-state index in [1.54, 1.807) is 11.0 Å². The van der Waals surface area contributed by atoms with Crippen LogP contribution in [0.5, 0.6) is 5.75 Å². The molecule has 11 heteroatoms. The van der Waals surface area contributed by atoms with Gasteiger partial charge in [-0.05, 0) is 36.0 Å². The predicted octanol–water partition coefficient (Wildman–Crippen LogP) is 3.71. The van der Waals surface area contributed by atoms with Gasteiger partial charge >= 0.3 is 0 Å². The summed E-state index contributed by atoms with van der Waals surface area (Å²) in [6.07, 6.45) is 1.58. The van der Waals surface area contributed by atoms with Crippen LogP contribution in [0.15, 0.2) is 48.8 Å². The van der Waals surface area contributed by atoms with E-state index in [1.165, 1.54) is 25.3 Å². The number of ether oxygens (including phenoxy) is 1. The molecular weight excluding hydrogens is 404 g/mol. The number of hydrogen-bond donors (Lipinski definition) is 2. The number of non-ortho nitro benzene ring substituents is 1. The lowest BCUT2D eigenvalue weighted by molar-refractivity contribution is -0.384. The monoisotopic (exact) mass is 418 g/mol. The van der Waals surface area contributed by atoms with Crippen molar-refractivity contribution in [3.63, 3.8) is 0 Å². The van der Waals surface area contributed by atoms with Crippen molar-refractivity contribution in [1.29, 1.82) is 0 Å². The van der Waals surface area contributed by atoms with E-state index in [1.807, 2.05) is 24.3 Å². The van der Waals surface area contributed by atoms with E-state index in [4.69, 9.17) is 28.6 Å². The van der Waals surface area contributed by atoms with Crippen LogP contribution >= 0.6 is 23.8 Å². The van der Waals surface area contributed by atoms with Gasteiger partial charge in [-0.1, -0.05) is 23.7 Å². The van der Waals surface area contributed by atoms with E-state index in [-0.39, 0.29) is 10.8 Å². The minimum Gasteiger partial charge on any atom is -0.494 e. The van der Waals surface area contributed by atoms with E-state index in [0.29, 0.717) is 29.0 Å². The maximum atomic E-state index is 10.9. The number of nitro groups is 1. The second-order valence-electron chi connectivity index (χ2n) is 5.61. The number of benzene rings is 2. The molecule has 144 valence electrons. The molecular formula is C17H15ClN6O3S. The summed E-state index contributed by atoms with van der Waals surface area (Å²) in [5, 5.41) is 21.8. The Labute approximate surface area is 170 Å². The molecule has 1 heterocycles. The van der Waals surface area contributed by atoms with Gasteiger partial charge in [0.2, 0.25) is 5.95 Å². The number of aromatic nitrogens is 3. The number of thiocarbonyl (C=S) groups is 1. The van der Waals surface area contributed by atoms with Crippen molar-refractivity contribution < 1.29 is 9.66 Å². The summed E-state index contributed by atoms with van der Waals surface area (Å²) in [6, 6.07) is 11.6. The van der Waals surface area contributed by atoms with Crippen molar-refractivity contribution in [2.45, 2.75) is 6.54 Å². The second-order valence-corrected chi connectivity index (χ2v) is 6.46. The van der Waals surface area contributed by atoms with Crippen LogP contribution in [0.2, 0.25) is 5.02 Å². The van der Waals surface area contributed by atoms with Crippen molar-refractivity contribution in [3.8, 4) is 5.75 Å². The molecule has 3 rings (SSSR count). The van der Waals surface area contributed by atoms with Crippen LogP contribution in [-0.4, -0.2) is 31.9 Å². The third kappa shape index (κ3) is 4.93. The largest absolute Gasteiger partial charge is 0.494 e. The van der Waals surface area contributed by atoms with Gasteiger partial charge in [-0.2, -0.15) is 0 Å². The van der Waals surface area contributed by atoms with Crippen LogP contribution in [-0.2, 0) is 6.54 Å². The molecule has 0 saturated carbocycles. The van der Waals surface area contributed by atoms with E-state index in [0.717, 1.165) is 5.56 Å². The van der Waals surface area contributed by atoms with Gasteiger partial charge < -0.3 is 10.1 Å². The Morgan fingerprint density at radius 2 is 2.04 bits per heavy atom. The third-order valence-corrected chi connectivity index (χ3v) is 4.12. The fourth-order valence-electron chi connectivity index (χ4n) is 2.36. The van der Waals surface area contributed by atoms with Gasteiger partial charge in [0.15, 0.2) is 5.11 Å². The summed E-state index contributed by atoms with van der Waals surface area (Å²) < 4.78 is 6.82. The number of methoxy groups -OCH3 is 1. The Balaban J connectivity index is 1.63. The fraction of sp³-hybridized carbons (Fsp3) is 0.118. The molecule has 0 spiro atoms. The summed E-state index contributed by atoms with van der Waals surface area (Å²) in [7, 11) is 1.42. The lowest BCUT2D eigenvalue weighted by Crippen LogP contribution is -2.20. The normalized spacial score (nSPS) is 10.4. The maximum Gasteiger partial charge on any atom is 0.273 e. The van der Waals surface area contributed by atoms with Crippen molar-refractivity contribution >= 4 is 46.3 Å². The highest BCUT2D eigenvalue weighted by atomic mass is 35.5. The molecule has 9 nitrogen and oxygen atoms in total. The fourth-order valence-corrected chi connectivity index (χ4v) is 2.68. The standard InChI is InChI=1S/C17H15ClN6O3S/c1-27-15-8-13(24(25)26)6-7-14(15)20-17(28)21-16-19-10-23(22-16)9-11-2-4-12(18)5-3-11/h2-8,10H,9H2,1H3,(H2,20,21,22,28). The first-order valence-corrected chi connectivity index (χ1v) is 8.77. The number of nitrogens with one attached hydrogen (secondary N) is 2. The average Bonchev–Trinajstić information content (AvgIpc) is 3.10. The quantitative estimate of drug-likeness (QED) is 0.354. The smallest absolute Gasteiger partial charge is 0.273 e. The molecule has 1 aromatic heterocycles. The van der Waals surface area contributed by atoms with Crippen LogP contribution in [0, 0.1) is 10.1 Å². The first-order chi connectivity index (χ1) is 13.4. The number of anilines is 2. The van der Waals surface area contributed by atoms with E-state index in [9.17, 15) is 10.1 Å². The van der Waals surface area contributed by atoms with Crippen molar-refractivity contribution in [3.05, 3.63) is 69.5 Å². The summed E-state index contributed by atoms with van der Waals surface area (Å²) in [6.45, 7) is 0.530. The molecule has 0 amide bonds. The van der Waals surface area contributed by atoms with Gasteiger partial charge in [0.05, 0.1) is 30.3 Å². The molecule has 0 aliphatic carbocycles. The maximum absolute atomic E-state index is 10.9. The molecule has 28 heavy (non-hydrogen) atoms. The Kier molecular flexibility index (Phi) is 6.02.